The highest BCUT2D eigenvalue weighted by Crippen LogP contribution is 2.36. The van der Waals surface area contributed by atoms with Gasteiger partial charge in [-0.1, -0.05) is 43.0 Å². The van der Waals surface area contributed by atoms with Gasteiger partial charge in [0.25, 0.3) is 0 Å². The van der Waals surface area contributed by atoms with Gasteiger partial charge in [-0.15, -0.1) is 0 Å². The third-order valence-corrected chi connectivity index (χ3v) is 4.68. The van der Waals surface area contributed by atoms with E-state index in [1.54, 1.807) is 6.07 Å². The Morgan fingerprint density at radius 1 is 1.09 bits per heavy atom. The predicted octanol–water partition coefficient (Wildman–Crippen LogP) is 3.75. The van der Waals surface area contributed by atoms with Crippen molar-refractivity contribution < 1.29 is 24.6 Å². The van der Waals surface area contributed by atoms with Gasteiger partial charge in [-0.2, -0.15) is 0 Å². The molecule has 1 aliphatic carbocycles. The van der Waals surface area contributed by atoms with Gasteiger partial charge >= 0.3 is 11.9 Å². The van der Waals surface area contributed by atoms with Crippen LogP contribution in [0.1, 0.15) is 60.4 Å². The van der Waals surface area contributed by atoms with Crippen LogP contribution in [0.2, 0.25) is 5.02 Å². The zero-order valence-corrected chi connectivity index (χ0v) is 13.4. The lowest BCUT2D eigenvalue weighted by Crippen LogP contribution is -2.26. The average Bonchev–Trinajstić information content (AvgIpc) is 2.52. The average molecular weight is 339 g/mol. The van der Waals surface area contributed by atoms with Crippen molar-refractivity contribution in [1.29, 1.82) is 0 Å². The second-order valence-electron chi connectivity index (χ2n) is 5.93. The van der Waals surface area contributed by atoms with E-state index in [1.807, 2.05) is 6.07 Å². The first-order valence-electron chi connectivity index (χ1n) is 7.68. The Balaban J connectivity index is 2.14. The van der Waals surface area contributed by atoms with Gasteiger partial charge in [0.1, 0.15) is 0 Å². The highest BCUT2D eigenvalue weighted by Gasteiger charge is 2.29. The molecule has 0 amide bonds. The molecule has 1 aromatic carbocycles. The minimum Gasteiger partial charge on any atom is -0.481 e. The van der Waals surface area contributed by atoms with Crippen molar-refractivity contribution >= 4 is 29.3 Å². The quantitative estimate of drug-likeness (QED) is 0.609. The van der Waals surface area contributed by atoms with Crippen molar-refractivity contribution in [2.45, 2.75) is 44.4 Å². The summed E-state index contributed by atoms with van der Waals surface area (Å²) < 4.78 is 0. The highest BCUT2D eigenvalue weighted by molar-refractivity contribution is 6.31. The second kappa shape index (κ2) is 7.59. The third kappa shape index (κ3) is 4.32. The molecule has 0 heterocycles. The van der Waals surface area contributed by atoms with Gasteiger partial charge in [-0.25, -0.2) is 0 Å². The van der Waals surface area contributed by atoms with Crippen molar-refractivity contribution in [3.63, 3.8) is 0 Å². The molecule has 6 heteroatoms. The summed E-state index contributed by atoms with van der Waals surface area (Å²) in [6.07, 6.45) is 5.14. The lowest BCUT2D eigenvalue weighted by atomic mass is 9.83. The number of hydrogen-bond donors (Lipinski definition) is 2. The Morgan fingerprint density at radius 2 is 1.70 bits per heavy atom. The fourth-order valence-electron chi connectivity index (χ4n) is 3.03. The Hall–Kier alpha value is -1.88. The minimum absolute atomic E-state index is 0.252. The number of aliphatic carboxylic acids is 2. The number of hydrogen-bond acceptors (Lipinski definition) is 3. The van der Waals surface area contributed by atoms with E-state index in [4.69, 9.17) is 21.8 Å². The fraction of sp³-hybridized carbons (Fsp3) is 0.471. The normalized spacial score (nSPS) is 15.6. The largest absolute Gasteiger partial charge is 0.481 e. The molecule has 2 N–H and O–H groups in total. The van der Waals surface area contributed by atoms with Crippen molar-refractivity contribution in [3.05, 3.63) is 34.3 Å². The molecule has 1 aromatic rings. The Morgan fingerprint density at radius 3 is 2.22 bits per heavy atom. The molecule has 1 saturated carbocycles. The molecule has 0 bridgehead atoms. The number of carboxylic acid groups (broad SMARTS) is 2. The van der Waals surface area contributed by atoms with Crippen LogP contribution in [0.25, 0.3) is 0 Å². The van der Waals surface area contributed by atoms with E-state index in [2.05, 4.69) is 0 Å². The van der Waals surface area contributed by atoms with Crippen molar-refractivity contribution in [2.24, 2.45) is 5.92 Å². The van der Waals surface area contributed by atoms with Crippen LogP contribution in [0.4, 0.5) is 0 Å². The standard InChI is InChI=1S/C17H19ClO5/c18-14-8-11(15(19)9-13(16(20)21)17(22)23)6-7-12(14)10-4-2-1-3-5-10/h6-8,10,13H,1-5,9H2,(H,20,21)(H,22,23). The lowest BCUT2D eigenvalue weighted by Gasteiger charge is -2.23. The summed E-state index contributed by atoms with van der Waals surface area (Å²) in [5.41, 5.74) is 1.26. The van der Waals surface area contributed by atoms with Gasteiger partial charge in [0, 0.05) is 17.0 Å². The van der Waals surface area contributed by atoms with E-state index in [1.165, 1.54) is 25.3 Å². The molecular formula is C17H19ClO5. The van der Waals surface area contributed by atoms with Crippen LogP contribution in [0.3, 0.4) is 0 Å². The fourth-order valence-corrected chi connectivity index (χ4v) is 3.36. The zero-order valence-electron chi connectivity index (χ0n) is 12.6. The molecule has 0 atom stereocenters. The Labute approximate surface area is 139 Å². The Kier molecular flexibility index (Phi) is 5.77. The number of rotatable bonds is 6. The minimum atomic E-state index is -1.74. The molecule has 0 saturated heterocycles. The van der Waals surface area contributed by atoms with Crippen LogP contribution in [0.15, 0.2) is 18.2 Å². The maximum atomic E-state index is 12.1. The maximum absolute atomic E-state index is 12.1. The van der Waals surface area contributed by atoms with E-state index in [0.29, 0.717) is 10.9 Å². The summed E-state index contributed by atoms with van der Waals surface area (Å²) >= 11 is 6.28. The van der Waals surface area contributed by atoms with Crippen LogP contribution >= 0.6 is 11.6 Å². The van der Waals surface area contributed by atoms with Gasteiger partial charge < -0.3 is 10.2 Å². The summed E-state index contributed by atoms with van der Waals surface area (Å²) in [7, 11) is 0. The molecule has 0 aromatic heterocycles. The number of carbonyl (C=O) groups is 3. The van der Waals surface area contributed by atoms with Crippen LogP contribution in [-0.2, 0) is 9.59 Å². The molecule has 0 unspecified atom stereocenters. The molecule has 2 rings (SSSR count). The summed E-state index contributed by atoms with van der Waals surface area (Å²) in [5.74, 6) is -4.91. The number of benzene rings is 1. The summed E-state index contributed by atoms with van der Waals surface area (Å²) in [6, 6.07) is 4.94. The van der Waals surface area contributed by atoms with E-state index >= 15 is 0 Å². The van der Waals surface area contributed by atoms with Gasteiger partial charge in [0.15, 0.2) is 11.7 Å². The number of carbonyl (C=O) groups excluding carboxylic acids is 1. The predicted molar refractivity (Wildman–Crippen MR) is 85.0 cm³/mol. The van der Waals surface area contributed by atoms with Gasteiger partial charge in [-0.3, -0.25) is 14.4 Å². The monoisotopic (exact) mass is 338 g/mol. The van der Waals surface area contributed by atoms with Gasteiger partial charge in [0.2, 0.25) is 0 Å². The smallest absolute Gasteiger partial charge is 0.318 e. The van der Waals surface area contributed by atoms with E-state index in [0.717, 1.165) is 18.4 Å². The molecule has 5 nitrogen and oxygen atoms in total. The second-order valence-corrected chi connectivity index (χ2v) is 6.33. The van der Waals surface area contributed by atoms with Gasteiger partial charge in [0.05, 0.1) is 0 Å². The molecule has 0 spiro atoms. The molecular weight excluding hydrogens is 320 g/mol. The molecule has 1 fully saturated rings. The number of carboxylic acids is 2. The number of ketones is 1. The molecule has 0 radical (unpaired) electrons. The summed E-state index contributed by atoms with van der Waals surface area (Å²) in [5, 5.41) is 18.2. The highest BCUT2D eigenvalue weighted by atomic mass is 35.5. The van der Waals surface area contributed by atoms with Crippen LogP contribution in [0.5, 0.6) is 0 Å². The van der Waals surface area contributed by atoms with E-state index < -0.39 is 30.1 Å². The first-order chi connectivity index (χ1) is 10.9. The van der Waals surface area contributed by atoms with Crippen molar-refractivity contribution in [1.82, 2.24) is 0 Å². The number of Topliss-reactive ketones (excluding diaryl/α,β-unsaturated/α-hetero) is 1. The molecule has 23 heavy (non-hydrogen) atoms. The van der Waals surface area contributed by atoms with Crippen LogP contribution < -0.4 is 0 Å². The first kappa shape index (κ1) is 17.5. The number of halogens is 1. The van der Waals surface area contributed by atoms with Gasteiger partial charge in [-0.05, 0) is 30.4 Å². The van der Waals surface area contributed by atoms with E-state index in [9.17, 15) is 14.4 Å². The Bertz CT molecular complexity index is 605. The van der Waals surface area contributed by atoms with E-state index in [-0.39, 0.29) is 5.56 Å². The third-order valence-electron chi connectivity index (χ3n) is 4.35. The van der Waals surface area contributed by atoms with Crippen molar-refractivity contribution in [2.75, 3.05) is 0 Å². The van der Waals surface area contributed by atoms with Crippen molar-refractivity contribution in [3.8, 4) is 0 Å². The molecule has 124 valence electrons. The SMILES string of the molecule is O=C(CC(C(=O)O)C(=O)O)c1ccc(C2CCCCC2)c(Cl)c1. The zero-order chi connectivity index (χ0) is 17.0. The first-order valence-corrected chi connectivity index (χ1v) is 8.06. The maximum Gasteiger partial charge on any atom is 0.318 e. The summed E-state index contributed by atoms with van der Waals surface area (Å²) in [6.45, 7) is 0. The molecule has 1 aliphatic rings. The lowest BCUT2D eigenvalue weighted by molar-refractivity contribution is -0.154. The summed E-state index contributed by atoms with van der Waals surface area (Å²) in [4.78, 5) is 33.9. The van der Waals surface area contributed by atoms with Crippen LogP contribution in [0, 0.1) is 5.92 Å². The van der Waals surface area contributed by atoms with Crippen LogP contribution in [-0.4, -0.2) is 27.9 Å². The molecule has 0 aliphatic heterocycles. The topological polar surface area (TPSA) is 91.7 Å².